The molecule has 4 nitrogen and oxygen atoms in total. The molecule has 0 atom stereocenters. The maximum absolute atomic E-state index is 6.82. The van der Waals surface area contributed by atoms with Crippen molar-refractivity contribution in [2.24, 2.45) is 0 Å². The zero-order chi connectivity index (χ0) is 38.2. The van der Waals surface area contributed by atoms with Gasteiger partial charge in [0.1, 0.15) is 22.3 Å². The van der Waals surface area contributed by atoms with Crippen LogP contribution >= 0.6 is 0 Å². The zero-order valence-corrected chi connectivity index (χ0v) is 31.3. The van der Waals surface area contributed by atoms with Gasteiger partial charge in [-0.05, 0) is 95.6 Å². The first-order valence-electron chi connectivity index (χ1n) is 19.7. The lowest BCUT2D eigenvalue weighted by atomic mass is 9.98. The molecule has 0 aliphatic carbocycles. The van der Waals surface area contributed by atoms with Crippen LogP contribution in [0.1, 0.15) is 0 Å². The van der Waals surface area contributed by atoms with Gasteiger partial charge in [-0.25, -0.2) is 0 Å². The van der Waals surface area contributed by atoms with E-state index < -0.39 is 0 Å². The highest BCUT2D eigenvalue weighted by molar-refractivity contribution is 6.17. The number of fused-ring (bicyclic) bond motifs is 9. The fraction of sp³-hybridized carbons (Fsp3) is 0. The number of aromatic nitrogens is 1. The topological polar surface area (TPSA) is 34.5 Å². The zero-order valence-electron chi connectivity index (χ0n) is 31.3. The lowest BCUT2D eigenvalue weighted by molar-refractivity contribution is 0.669. The molecule has 3 heterocycles. The highest BCUT2D eigenvalue weighted by Gasteiger charge is 2.23. The van der Waals surface area contributed by atoms with Crippen LogP contribution in [0.25, 0.3) is 93.6 Å². The Morgan fingerprint density at radius 1 is 0.345 bits per heavy atom. The first-order valence-corrected chi connectivity index (χ1v) is 19.7. The molecule has 0 saturated carbocycles. The van der Waals surface area contributed by atoms with E-state index in [2.05, 4.69) is 198 Å². The maximum atomic E-state index is 6.82. The average Bonchev–Trinajstić information content (AvgIpc) is 3.98. The summed E-state index contributed by atoms with van der Waals surface area (Å²) in [5, 5.41) is 6.91. The molecular weight excluding hydrogens is 709 g/mol. The van der Waals surface area contributed by atoms with Crippen molar-refractivity contribution < 1.29 is 8.83 Å². The first kappa shape index (κ1) is 32.4. The van der Waals surface area contributed by atoms with E-state index in [1.165, 1.54) is 21.8 Å². The molecule has 272 valence electrons. The smallest absolute Gasteiger partial charge is 0.145 e. The Morgan fingerprint density at radius 2 is 0.879 bits per heavy atom. The molecule has 0 aliphatic heterocycles. The van der Waals surface area contributed by atoms with Crippen molar-refractivity contribution in [3.05, 3.63) is 206 Å². The van der Waals surface area contributed by atoms with Crippen molar-refractivity contribution in [3.63, 3.8) is 0 Å². The summed E-state index contributed by atoms with van der Waals surface area (Å²) >= 11 is 0. The molecule has 3 aromatic heterocycles. The van der Waals surface area contributed by atoms with E-state index in [1.54, 1.807) is 0 Å². The van der Waals surface area contributed by atoms with Gasteiger partial charge in [0.25, 0.3) is 0 Å². The summed E-state index contributed by atoms with van der Waals surface area (Å²) in [4.78, 5) is 2.34. The third-order valence-corrected chi connectivity index (χ3v) is 11.6. The maximum Gasteiger partial charge on any atom is 0.145 e. The van der Waals surface area contributed by atoms with Crippen LogP contribution in [-0.4, -0.2) is 4.57 Å². The van der Waals surface area contributed by atoms with Crippen molar-refractivity contribution in [1.82, 2.24) is 4.57 Å². The summed E-state index contributed by atoms with van der Waals surface area (Å²) in [6.45, 7) is 0. The highest BCUT2D eigenvalue weighted by atomic mass is 16.3. The van der Waals surface area contributed by atoms with Gasteiger partial charge in [0.05, 0.1) is 22.1 Å². The molecule has 0 unspecified atom stereocenters. The molecule has 0 radical (unpaired) electrons. The summed E-state index contributed by atoms with van der Waals surface area (Å²) in [5.74, 6) is 0. The molecule has 58 heavy (non-hydrogen) atoms. The monoisotopic (exact) mass is 742 g/mol. The summed E-state index contributed by atoms with van der Waals surface area (Å²) in [5.41, 5.74) is 14.6. The average molecular weight is 743 g/mol. The van der Waals surface area contributed by atoms with Crippen LogP contribution < -0.4 is 4.90 Å². The highest BCUT2D eigenvalue weighted by Crippen LogP contribution is 2.47. The summed E-state index contributed by atoms with van der Waals surface area (Å²) in [6.07, 6.45) is 0. The minimum Gasteiger partial charge on any atom is -0.456 e. The van der Waals surface area contributed by atoms with Gasteiger partial charge in [-0.1, -0.05) is 127 Å². The van der Waals surface area contributed by atoms with Crippen molar-refractivity contribution in [1.29, 1.82) is 0 Å². The fourth-order valence-corrected chi connectivity index (χ4v) is 9.02. The third kappa shape index (κ3) is 4.95. The van der Waals surface area contributed by atoms with E-state index in [-0.39, 0.29) is 0 Å². The predicted octanol–water partition coefficient (Wildman–Crippen LogP) is 15.4. The number of benzene rings is 9. The van der Waals surface area contributed by atoms with Crippen LogP contribution in [0.2, 0.25) is 0 Å². The van der Waals surface area contributed by atoms with Crippen LogP contribution in [0.3, 0.4) is 0 Å². The number of hydrogen-bond donors (Lipinski definition) is 0. The second-order valence-corrected chi connectivity index (χ2v) is 14.8. The number of hydrogen-bond acceptors (Lipinski definition) is 3. The Labute approximate surface area is 334 Å². The molecule has 0 N–H and O–H groups in total. The normalized spacial score (nSPS) is 11.8. The number of para-hydroxylation sites is 5. The van der Waals surface area contributed by atoms with E-state index in [0.29, 0.717) is 0 Å². The van der Waals surface area contributed by atoms with Crippen molar-refractivity contribution in [3.8, 4) is 27.9 Å². The summed E-state index contributed by atoms with van der Waals surface area (Å²) in [6, 6.07) is 73.1. The Bertz CT molecular complexity index is 3450. The molecule has 0 amide bonds. The number of rotatable bonds is 6. The molecule has 0 spiro atoms. The predicted molar refractivity (Wildman–Crippen MR) is 241 cm³/mol. The standard InChI is InChI=1S/C54H34N2O2/c1-2-13-37(14-3-1)55(38-29-25-35(26-30-38)40-19-12-24-51-52(40)44-17-6-10-22-49(44)57-51)48-34-33-41(54-53(48)45-18-7-11-23-50(45)58-54)36-27-31-39(32-28-36)56-46-20-8-4-15-42(46)43-16-5-9-21-47(43)56/h1-34H. The second-order valence-electron chi connectivity index (χ2n) is 14.8. The van der Waals surface area contributed by atoms with Gasteiger partial charge in [-0.15, -0.1) is 0 Å². The Kier molecular flexibility index (Phi) is 7.20. The van der Waals surface area contributed by atoms with Crippen molar-refractivity contribution in [2.45, 2.75) is 0 Å². The van der Waals surface area contributed by atoms with Gasteiger partial charge in [-0.2, -0.15) is 0 Å². The van der Waals surface area contributed by atoms with E-state index in [0.717, 1.165) is 88.9 Å². The summed E-state index contributed by atoms with van der Waals surface area (Å²) in [7, 11) is 0. The van der Waals surface area contributed by atoms with Gasteiger partial charge >= 0.3 is 0 Å². The lowest BCUT2D eigenvalue weighted by Crippen LogP contribution is -2.10. The Morgan fingerprint density at radius 3 is 1.59 bits per heavy atom. The molecule has 0 saturated heterocycles. The summed E-state index contributed by atoms with van der Waals surface area (Å²) < 4.78 is 15.4. The van der Waals surface area contributed by atoms with E-state index in [1.807, 2.05) is 18.2 Å². The van der Waals surface area contributed by atoms with Gasteiger partial charge in [0, 0.05) is 49.6 Å². The van der Waals surface area contributed by atoms with Crippen LogP contribution in [0.5, 0.6) is 0 Å². The van der Waals surface area contributed by atoms with E-state index in [4.69, 9.17) is 8.83 Å². The second kappa shape index (κ2) is 12.9. The number of anilines is 3. The quantitative estimate of drug-likeness (QED) is 0.170. The van der Waals surface area contributed by atoms with Crippen LogP contribution in [0.4, 0.5) is 17.1 Å². The first-order chi connectivity index (χ1) is 28.8. The molecule has 12 aromatic rings. The van der Waals surface area contributed by atoms with Gasteiger partial charge in [0.2, 0.25) is 0 Å². The lowest BCUT2D eigenvalue weighted by Gasteiger charge is -2.27. The fourth-order valence-electron chi connectivity index (χ4n) is 9.02. The van der Waals surface area contributed by atoms with Gasteiger partial charge < -0.3 is 18.3 Å². The van der Waals surface area contributed by atoms with Gasteiger partial charge in [-0.3, -0.25) is 0 Å². The van der Waals surface area contributed by atoms with E-state index >= 15 is 0 Å². The minimum atomic E-state index is 0.858. The molecule has 4 heteroatoms. The molecule has 0 aliphatic rings. The number of furan rings is 2. The van der Waals surface area contributed by atoms with Crippen LogP contribution in [0, 0.1) is 0 Å². The third-order valence-electron chi connectivity index (χ3n) is 11.6. The van der Waals surface area contributed by atoms with Gasteiger partial charge in [0.15, 0.2) is 0 Å². The van der Waals surface area contributed by atoms with Crippen molar-refractivity contribution in [2.75, 3.05) is 4.90 Å². The molecule has 9 aromatic carbocycles. The Balaban J connectivity index is 1.00. The Hall–Kier alpha value is -7.82. The number of nitrogens with zero attached hydrogens (tertiary/aromatic N) is 2. The SMILES string of the molecule is c1ccc(N(c2ccc(-c3cccc4oc5ccccc5c34)cc2)c2ccc(-c3ccc(-n4c5ccccc5c5ccccc54)cc3)c3oc4ccccc4c23)cc1. The van der Waals surface area contributed by atoms with Crippen LogP contribution in [0.15, 0.2) is 215 Å². The molecule has 0 fully saturated rings. The van der Waals surface area contributed by atoms with Crippen molar-refractivity contribution >= 4 is 82.7 Å². The van der Waals surface area contributed by atoms with Crippen LogP contribution in [-0.2, 0) is 0 Å². The molecule has 0 bridgehead atoms. The molecular formula is C54H34N2O2. The van der Waals surface area contributed by atoms with E-state index in [9.17, 15) is 0 Å². The minimum absolute atomic E-state index is 0.858. The largest absolute Gasteiger partial charge is 0.456 e. The molecule has 12 rings (SSSR count).